The van der Waals surface area contributed by atoms with Crippen LogP contribution in [0.2, 0.25) is 0 Å². The van der Waals surface area contributed by atoms with Gasteiger partial charge in [-0.05, 0) is 44.6 Å². The van der Waals surface area contributed by atoms with Crippen LogP contribution in [0, 0.1) is 0 Å². The molecule has 0 spiro atoms. The number of carboxylic acid groups (broad SMARTS) is 1. The summed E-state index contributed by atoms with van der Waals surface area (Å²) >= 11 is 0. The van der Waals surface area contributed by atoms with E-state index >= 15 is 0 Å². The second-order valence-electron chi connectivity index (χ2n) is 7.54. The van der Waals surface area contributed by atoms with E-state index < -0.39 is 5.97 Å². The number of ether oxygens (including phenoxy) is 2. The van der Waals surface area contributed by atoms with E-state index in [0.717, 1.165) is 50.0 Å². The summed E-state index contributed by atoms with van der Waals surface area (Å²) < 4.78 is 10.8. The molecule has 0 heterocycles. The fourth-order valence-corrected chi connectivity index (χ4v) is 3.04. The molecule has 1 amide bonds. The highest BCUT2D eigenvalue weighted by molar-refractivity contribution is 5.77. The number of carboxylic acids is 1. The van der Waals surface area contributed by atoms with E-state index in [1.54, 1.807) is 7.11 Å². The van der Waals surface area contributed by atoms with Crippen LogP contribution in [-0.2, 0) is 20.9 Å². The Balaban J connectivity index is 2.03. The molecule has 0 saturated carbocycles. The molecule has 1 rings (SSSR count). The molecule has 1 atom stereocenters. The first-order chi connectivity index (χ1) is 13.9. The lowest BCUT2D eigenvalue weighted by Gasteiger charge is -2.20. The predicted molar refractivity (Wildman–Crippen MR) is 113 cm³/mol. The Morgan fingerprint density at radius 3 is 2.34 bits per heavy atom. The van der Waals surface area contributed by atoms with Gasteiger partial charge in [0.05, 0.1) is 26.2 Å². The van der Waals surface area contributed by atoms with Crippen molar-refractivity contribution < 1.29 is 24.2 Å². The average Bonchev–Trinajstić information content (AvgIpc) is 2.66. The van der Waals surface area contributed by atoms with Gasteiger partial charge >= 0.3 is 5.97 Å². The second kappa shape index (κ2) is 14.8. The first kappa shape index (κ1) is 24.9. The number of rotatable bonds is 16. The van der Waals surface area contributed by atoms with Gasteiger partial charge in [0.2, 0.25) is 5.91 Å². The van der Waals surface area contributed by atoms with E-state index in [1.165, 1.54) is 0 Å². The SMILES string of the molecule is COc1ccc(COCCCCCCCC(=O)NC(CC(=O)O)CN(C)C)cc1. The van der Waals surface area contributed by atoms with Gasteiger partial charge in [0.15, 0.2) is 0 Å². The largest absolute Gasteiger partial charge is 0.497 e. The molecule has 0 aliphatic heterocycles. The van der Waals surface area contributed by atoms with Gasteiger partial charge in [0.1, 0.15) is 5.75 Å². The molecule has 0 aromatic heterocycles. The summed E-state index contributed by atoms with van der Waals surface area (Å²) in [6.07, 6.45) is 5.34. The summed E-state index contributed by atoms with van der Waals surface area (Å²) in [5.74, 6) is -0.121. The number of carbonyl (C=O) groups excluding carboxylic acids is 1. The zero-order chi connectivity index (χ0) is 21.5. The fourth-order valence-electron chi connectivity index (χ4n) is 3.04. The first-order valence-electron chi connectivity index (χ1n) is 10.3. The Bertz CT molecular complexity index is 589. The quantitative estimate of drug-likeness (QED) is 0.409. The second-order valence-corrected chi connectivity index (χ2v) is 7.54. The van der Waals surface area contributed by atoms with Gasteiger partial charge in [-0.25, -0.2) is 0 Å². The van der Waals surface area contributed by atoms with Crippen molar-refractivity contribution >= 4 is 11.9 Å². The highest BCUT2D eigenvalue weighted by Crippen LogP contribution is 2.12. The molecule has 2 N–H and O–H groups in total. The lowest BCUT2D eigenvalue weighted by atomic mass is 10.1. The van der Waals surface area contributed by atoms with Crippen LogP contribution in [-0.4, -0.2) is 62.3 Å². The maximum Gasteiger partial charge on any atom is 0.305 e. The zero-order valence-corrected chi connectivity index (χ0v) is 18.0. The number of nitrogens with zero attached hydrogens (tertiary/aromatic N) is 1. The summed E-state index contributed by atoms with van der Waals surface area (Å²) in [6, 6.07) is 7.52. The Kier molecular flexibility index (Phi) is 12.7. The van der Waals surface area contributed by atoms with Gasteiger partial charge in [-0.1, -0.05) is 31.4 Å². The molecule has 164 valence electrons. The van der Waals surface area contributed by atoms with Crippen molar-refractivity contribution in [1.82, 2.24) is 10.2 Å². The van der Waals surface area contributed by atoms with E-state index in [2.05, 4.69) is 5.32 Å². The van der Waals surface area contributed by atoms with E-state index in [1.807, 2.05) is 43.3 Å². The molecule has 1 aromatic carbocycles. The number of likely N-dealkylation sites (N-methyl/N-ethyl adjacent to an activating group) is 1. The van der Waals surface area contributed by atoms with Gasteiger partial charge in [-0.15, -0.1) is 0 Å². The zero-order valence-electron chi connectivity index (χ0n) is 18.0. The Labute approximate surface area is 174 Å². The third-order valence-electron chi connectivity index (χ3n) is 4.49. The summed E-state index contributed by atoms with van der Waals surface area (Å²) in [5, 5.41) is 11.8. The minimum absolute atomic E-state index is 0.0551. The number of hydrogen-bond donors (Lipinski definition) is 2. The number of benzene rings is 1. The number of unbranched alkanes of at least 4 members (excludes halogenated alkanes) is 4. The van der Waals surface area contributed by atoms with E-state index in [-0.39, 0.29) is 18.4 Å². The van der Waals surface area contributed by atoms with Crippen molar-refractivity contribution in [3.05, 3.63) is 29.8 Å². The van der Waals surface area contributed by atoms with Crippen molar-refractivity contribution in [2.24, 2.45) is 0 Å². The van der Waals surface area contributed by atoms with Gasteiger partial charge < -0.3 is 24.8 Å². The Morgan fingerprint density at radius 2 is 1.72 bits per heavy atom. The lowest BCUT2D eigenvalue weighted by Crippen LogP contribution is -2.42. The summed E-state index contributed by atoms with van der Waals surface area (Å²) in [5.41, 5.74) is 1.13. The molecule has 0 saturated heterocycles. The lowest BCUT2D eigenvalue weighted by molar-refractivity contribution is -0.137. The van der Waals surface area contributed by atoms with Gasteiger partial charge in [-0.2, -0.15) is 0 Å². The van der Waals surface area contributed by atoms with Crippen LogP contribution in [0.5, 0.6) is 5.75 Å². The number of methoxy groups -OCH3 is 1. The van der Waals surface area contributed by atoms with E-state index in [4.69, 9.17) is 14.6 Å². The first-order valence-corrected chi connectivity index (χ1v) is 10.3. The summed E-state index contributed by atoms with van der Waals surface area (Å²) in [7, 11) is 5.38. The number of aliphatic carboxylic acids is 1. The molecule has 0 bridgehead atoms. The van der Waals surface area contributed by atoms with Crippen molar-refractivity contribution in [2.45, 2.75) is 57.6 Å². The van der Waals surface area contributed by atoms with Crippen LogP contribution in [0.4, 0.5) is 0 Å². The average molecular weight is 409 g/mol. The molecule has 0 fully saturated rings. The molecule has 7 heteroatoms. The molecular formula is C22H36N2O5. The van der Waals surface area contributed by atoms with Crippen molar-refractivity contribution in [1.29, 1.82) is 0 Å². The third-order valence-corrected chi connectivity index (χ3v) is 4.49. The highest BCUT2D eigenvalue weighted by atomic mass is 16.5. The van der Waals surface area contributed by atoms with Gasteiger partial charge in [0, 0.05) is 19.6 Å². The van der Waals surface area contributed by atoms with Crippen LogP contribution in [0.1, 0.15) is 50.5 Å². The molecular weight excluding hydrogens is 372 g/mol. The van der Waals surface area contributed by atoms with Crippen LogP contribution >= 0.6 is 0 Å². The van der Waals surface area contributed by atoms with Gasteiger partial charge in [0.25, 0.3) is 0 Å². The molecule has 0 aliphatic rings. The van der Waals surface area contributed by atoms with Crippen LogP contribution in [0.3, 0.4) is 0 Å². The fraction of sp³-hybridized carbons (Fsp3) is 0.636. The van der Waals surface area contributed by atoms with E-state index in [0.29, 0.717) is 19.6 Å². The van der Waals surface area contributed by atoms with E-state index in [9.17, 15) is 9.59 Å². The van der Waals surface area contributed by atoms with Crippen LogP contribution in [0.25, 0.3) is 0 Å². The maximum absolute atomic E-state index is 12.0. The Hall–Kier alpha value is -2.12. The topological polar surface area (TPSA) is 88.1 Å². The predicted octanol–water partition coefficient (Wildman–Crippen LogP) is 3.07. The molecule has 7 nitrogen and oxygen atoms in total. The maximum atomic E-state index is 12.0. The summed E-state index contributed by atoms with van der Waals surface area (Å²) in [6.45, 7) is 1.86. The normalized spacial score (nSPS) is 12.0. The monoisotopic (exact) mass is 408 g/mol. The number of carbonyl (C=O) groups is 2. The minimum Gasteiger partial charge on any atom is -0.497 e. The standard InChI is InChI=1S/C22H36N2O5/c1-24(2)16-19(15-22(26)27)23-21(25)9-7-5-4-6-8-14-29-17-18-10-12-20(28-3)13-11-18/h10-13,19H,4-9,14-17H2,1-3H3,(H,23,25)(H,26,27). The number of amides is 1. The number of hydrogen-bond acceptors (Lipinski definition) is 5. The minimum atomic E-state index is -0.897. The number of nitrogens with one attached hydrogen (secondary N) is 1. The van der Waals surface area contributed by atoms with Gasteiger partial charge in [-0.3, -0.25) is 9.59 Å². The van der Waals surface area contributed by atoms with Crippen molar-refractivity contribution in [2.75, 3.05) is 34.4 Å². The van der Waals surface area contributed by atoms with Crippen LogP contribution < -0.4 is 10.1 Å². The van der Waals surface area contributed by atoms with Crippen molar-refractivity contribution in [3.63, 3.8) is 0 Å². The molecule has 0 radical (unpaired) electrons. The molecule has 1 unspecified atom stereocenters. The summed E-state index contributed by atoms with van der Waals surface area (Å²) in [4.78, 5) is 24.8. The third kappa shape index (κ3) is 12.9. The Morgan fingerprint density at radius 1 is 1.07 bits per heavy atom. The van der Waals surface area contributed by atoms with Crippen molar-refractivity contribution in [3.8, 4) is 5.75 Å². The highest BCUT2D eigenvalue weighted by Gasteiger charge is 2.16. The molecule has 0 aliphatic carbocycles. The molecule has 1 aromatic rings. The molecule has 29 heavy (non-hydrogen) atoms. The smallest absolute Gasteiger partial charge is 0.305 e. The van der Waals surface area contributed by atoms with Crippen LogP contribution in [0.15, 0.2) is 24.3 Å².